The number of aromatic hydroxyl groups is 1. The highest BCUT2D eigenvalue weighted by atomic mass is 16.5. The van der Waals surface area contributed by atoms with Gasteiger partial charge in [-0.3, -0.25) is 4.79 Å². The van der Waals surface area contributed by atoms with Gasteiger partial charge in [0.2, 0.25) is 0 Å². The average molecular weight is 330 g/mol. The lowest BCUT2D eigenvalue weighted by Gasteiger charge is -2.54. The number of hydrogen-bond acceptors (Lipinski definition) is 3. The van der Waals surface area contributed by atoms with Crippen LogP contribution in [0.25, 0.3) is 0 Å². The smallest absolute Gasteiger partial charge is 0.164 e. The number of ether oxygens (including phenoxy) is 1. The summed E-state index contributed by atoms with van der Waals surface area (Å²) in [5.74, 6) is 1.36. The fourth-order valence-corrected chi connectivity index (χ4v) is 5.33. The van der Waals surface area contributed by atoms with E-state index in [0.717, 1.165) is 30.4 Å². The molecule has 0 spiro atoms. The zero-order valence-corrected chi connectivity index (χ0v) is 15.8. The fraction of sp³-hybridized carbons (Fsp3) is 0.667. The number of benzene rings is 1. The molecule has 0 heterocycles. The maximum Gasteiger partial charge on any atom is 0.164 e. The Bertz CT molecular complexity index is 687. The lowest BCUT2D eigenvalue weighted by Crippen LogP contribution is -2.49. The molecule has 1 aromatic rings. The summed E-state index contributed by atoms with van der Waals surface area (Å²) in [4.78, 5) is 12.9. The summed E-state index contributed by atoms with van der Waals surface area (Å²) >= 11 is 0. The van der Waals surface area contributed by atoms with Crippen LogP contribution >= 0.6 is 0 Å². The predicted octanol–water partition coefficient (Wildman–Crippen LogP) is 5.19. The van der Waals surface area contributed by atoms with Crippen LogP contribution in [0.2, 0.25) is 0 Å². The quantitative estimate of drug-likeness (QED) is 0.811. The summed E-state index contributed by atoms with van der Waals surface area (Å²) in [7, 11) is 1.60. The van der Waals surface area contributed by atoms with E-state index in [0.29, 0.717) is 17.7 Å². The summed E-state index contributed by atoms with van der Waals surface area (Å²) in [5.41, 5.74) is 2.40. The van der Waals surface area contributed by atoms with Crippen LogP contribution in [0, 0.1) is 11.3 Å². The second kappa shape index (κ2) is 5.50. The van der Waals surface area contributed by atoms with E-state index in [1.165, 1.54) is 0 Å². The molecule has 1 aromatic carbocycles. The van der Waals surface area contributed by atoms with E-state index in [2.05, 4.69) is 34.6 Å². The molecule has 1 N–H and O–H groups in total. The van der Waals surface area contributed by atoms with Crippen LogP contribution < -0.4 is 4.74 Å². The molecule has 132 valence electrons. The largest absolute Gasteiger partial charge is 0.504 e. The molecule has 3 nitrogen and oxygen atoms in total. The van der Waals surface area contributed by atoms with Crippen molar-refractivity contribution in [1.29, 1.82) is 0 Å². The second-order valence-electron chi connectivity index (χ2n) is 8.86. The monoisotopic (exact) mass is 330 g/mol. The van der Waals surface area contributed by atoms with Crippen molar-refractivity contribution in [3.8, 4) is 11.5 Å². The molecule has 0 aromatic heterocycles. The van der Waals surface area contributed by atoms with Crippen molar-refractivity contribution in [1.82, 2.24) is 0 Å². The maximum absolute atomic E-state index is 12.9. The topological polar surface area (TPSA) is 46.5 Å². The van der Waals surface area contributed by atoms with Gasteiger partial charge in [0.25, 0.3) is 0 Å². The van der Waals surface area contributed by atoms with Crippen LogP contribution in [0.4, 0.5) is 0 Å². The Kier molecular flexibility index (Phi) is 3.97. The molecule has 2 aliphatic rings. The Morgan fingerprint density at radius 2 is 1.92 bits per heavy atom. The number of fused-ring (bicyclic) bond motifs is 3. The highest BCUT2D eigenvalue weighted by Crippen LogP contribution is 2.60. The van der Waals surface area contributed by atoms with E-state index >= 15 is 0 Å². The van der Waals surface area contributed by atoms with Crippen LogP contribution in [0.5, 0.6) is 11.5 Å². The average Bonchev–Trinajstić information content (AvgIpc) is 2.48. The Hall–Kier alpha value is -1.51. The number of carbonyl (C=O) groups is 1. The first kappa shape index (κ1) is 17.3. The van der Waals surface area contributed by atoms with Crippen molar-refractivity contribution in [3.05, 3.63) is 22.8 Å². The van der Waals surface area contributed by atoms with E-state index in [1.54, 1.807) is 7.11 Å². The normalized spacial score (nSPS) is 28.5. The van der Waals surface area contributed by atoms with Gasteiger partial charge in [-0.15, -0.1) is 0 Å². The molecule has 2 aliphatic carbocycles. The number of methoxy groups -OCH3 is 1. The summed E-state index contributed by atoms with van der Waals surface area (Å²) in [5, 5.41) is 11.1. The van der Waals surface area contributed by atoms with Crippen molar-refractivity contribution in [2.45, 2.75) is 71.6 Å². The minimum absolute atomic E-state index is 0.108. The molecule has 3 heteroatoms. The van der Waals surface area contributed by atoms with E-state index in [9.17, 15) is 9.90 Å². The Labute approximate surface area is 145 Å². The van der Waals surface area contributed by atoms with Crippen LogP contribution in [0.1, 0.15) is 87.7 Å². The maximum atomic E-state index is 12.9. The van der Waals surface area contributed by atoms with Gasteiger partial charge in [0.1, 0.15) is 0 Å². The van der Waals surface area contributed by atoms with Crippen molar-refractivity contribution < 1.29 is 14.6 Å². The minimum atomic E-state index is -0.169. The zero-order valence-electron chi connectivity index (χ0n) is 15.8. The van der Waals surface area contributed by atoms with Gasteiger partial charge in [-0.1, -0.05) is 41.0 Å². The Morgan fingerprint density at radius 3 is 2.50 bits per heavy atom. The molecular formula is C21H30O3. The van der Waals surface area contributed by atoms with Crippen molar-refractivity contribution in [3.63, 3.8) is 0 Å². The van der Waals surface area contributed by atoms with Crippen LogP contribution in [0.3, 0.4) is 0 Å². The molecule has 1 saturated carbocycles. The van der Waals surface area contributed by atoms with Gasteiger partial charge in [0.05, 0.1) is 7.11 Å². The van der Waals surface area contributed by atoms with Crippen LogP contribution in [-0.2, 0) is 5.41 Å². The van der Waals surface area contributed by atoms with Crippen LogP contribution in [-0.4, -0.2) is 18.0 Å². The summed E-state index contributed by atoms with van der Waals surface area (Å²) < 4.78 is 5.55. The highest BCUT2D eigenvalue weighted by molar-refractivity contribution is 6.01. The molecule has 0 bridgehead atoms. The molecule has 24 heavy (non-hydrogen) atoms. The second-order valence-corrected chi connectivity index (χ2v) is 8.86. The number of hydrogen-bond donors (Lipinski definition) is 1. The third-order valence-corrected chi connectivity index (χ3v) is 6.60. The summed E-state index contributed by atoms with van der Waals surface area (Å²) in [6, 6.07) is 1.98. The molecule has 1 fully saturated rings. The molecule has 0 saturated heterocycles. The van der Waals surface area contributed by atoms with Gasteiger partial charge in [-0.25, -0.2) is 0 Å². The number of ketones is 1. The van der Waals surface area contributed by atoms with E-state index in [-0.39, 0.29) is 34.2 Å². The number of phenols is 1. The molecule has 2 atom stereocenters. The molecule has 0 amide bonds. The van der Waals surface area contributed by atoms with Gasteiger partial charge in [0, 0.05) is 28.5 Å². The third-order valence-electron chi connectivity index (χ3n) is 6.60. The number of carbonyl (C=O) groups excluding carboxylic acids is 1. The van der Waals surface area contributed by atoms with E-state index in [1.807, 2.05) is 6.07 Å². The molecule has 0 aliphatic heterocycles. The van der Waals surface area contributed by atoms with Gasteiger partial charge in [-0.05, 0) is 36.2 Å². The summed E-state index contributed by atoms with van der Waals surface area (Å²) in [6.45, 7) is 10.9. The van der Waals surface area contributed by atoms with Crippen molar-refractivity contribution >= 4 is 5.78 Å². The Morgan fingerprint density at radius 1 is 1.25 bits per heavy atom. The molecular weight excluding hydrogens is 300 g/mol. The molecule has 0 radical (unpaired) electrons. The number of rotatable bonds is 2. The zero-order chi connectivity index (χ0) is 17.9. The standard InChI is InChI=1S/C21H30O3/c1-12(2)13-10-14-15(22)11-16-20(3,4)8-7-9-21(16,5)17(14)18(23)19(13)24-6/h10,12,16,23H,7-9,11H2,1-6H3. The molecule has 3 rings (SSSR count). The predicted molar refractivity (Wildman–Crippen MR) is 96.2 cm³/mol. The fourth-order valence-electron chi connectivity index (χ4n) is 5.33. The molecule has 2 unspecified atom stereocenters. The first-order valence-electron chi connectivity index (χ1n) is 9.11. The minimum Gasteiger partial charge on any atom is -0.504 e. The lowest BCUT2D eigenvalue weighted by molar-refractivity contribution is 0.0354. The van der Waals surface area contributed by atoms with Crippen molar-refractivity contribution in [2.75, 3.05) is 7.11 Å². The van der Waals surface area contributed by atoms with Crippen molar-refractivity contribution in [2.24, 2.45) is 11.3 Å². The highest BCUT2D eigenvalue weighted by Gasteiger charge is 2.53. The van der Waals surface area contributed by atoms with Gasteiger partial charge < -0.3 is 9.84 Å². The van der Waals surface area contributed by atoms with Gasteiger partial charge in [-0.2, -0.15) is 0 Å². The van der Waals surface area contributed by atoms with E-state index in [4.69, 9.17) is 4.74 Å². The SMILES string of the molecule is COc1c(C(C)C)cc2c(c1O)C1(C)CCCC(C)(C)C1CC2=O. The number of phenolic OH excluding ortho intramolecular Hbond substituents is 1. The van der Waals surface area contributed by atoms with Gasteiger partial charge >= 0.3 is 0 Å². The first-order chi connectivity index (χ1) is 11.1. The van der Waals surface area contributed by atoms with E-state index < -0.39 is 0 Å². The Balaban J connectivity index is 2.30. The lowest BCUT2D eigenvalue weighted by atomic mass is 9.50. The van der Waals surface area contributed by atoms with Crippen LogP contribution in [0.15, 0.2) is 6.07 Å². The summed E-state index contributed by atoms with van der Waals surface area (Å²) in [6.07, 6.45) is 3.86. The van der Waals surface area contributed by atoms with Gasteiger partial charge in [0.15, 0.2) is 17.3 Å². The number of Topliss-reactive ketones (excluding diaryl/α,β-unsaturated/α-hetero) is 1. The first-order valence-corrected chi connectivity index (χ1v) is 9.11. The third kappa shape index (κ3) is 2.28.